The summed E-state index contributed by atoms with van der Waals surface area (Å²) in [6.07, 6.45) is 0. The minimum Gasteiger partial charge on any atom is -0.316 e. The highest BCUT2D eigenvalue weighted by Crippen LogP contribution is 2.25. The van der Waals surface area contributed by atoms with Crippen LogP contribution in [0, 0.1) is 18.3 Å². The number of aryl methyl sites for hydroxylation is 1. The number of aromatic amines is 1. The largest absolute Gasteiger partial charge is 0.316 e. The first kappa shape index (κ1) is 11.5. The fraction of sp³-hybridized carbons (Fsp3) is 0.0769. The van der Waals surface area contributed by atoms with E-state index in [4.69, 9.17) is 5.26 Å². The predicted molar refractivity (Wildman–Crippen MR) is 69.2 cm³/mol. The van der Waals surface area contributed by atoms with Gasteiger partial charge in [-0.3, -0.25) is 4.79 Å². The van der Waals surface area contributed by atoms with Gasteiger partial charge in [-0.25, -0.2) is 0 Å². The molecule has 0 fully saturated rings. The average Bonchev–Trinajstić information content (AvgIpc) is 2.29. The number of benzene rings is 1. The third-order valence-electron chi connectivity index (χ3n) is 2.50. The molecule has 3 nitrogen and oxygen atoms in total. The van der Waals surface area contributed by atoms with Gasteiger partial charge in [0.2, 0.25) is 5.56 Å². The molecule has 0 aliphatic heterocycles. The Labute approximate surface area is 104 Å². The minimum absolute atomic E-state index is 0.260. The fourth-order valence-corrected chi connectivity index (χ4v) is 1.90. The van der Waals surface area contributed by atoms with E-state index in [1.807, 2.05) is 31.2 Å². The highest BCUT2D eigenvalue weighted by Gasteiger charge is 2.09. The lowest BCUT2D eigenvalue weighted by molar-refractivity contribution is 1.07. The zero-order valence-electron chi connectivity index (χ0n) is 9.19. The molecule has 0 saturated carbocycles. The van der Waals surface area contributed by atoms with Crippen LogP contribution in [-0.4, -0.2) is 4.98 Å². The molecular weight excluding hydrogens is 232 g/mol. The highest BCUT2D eigenvalue weighted by molar-refractivity contribution is 7.80. The van der Waals surface area contributed by atoms with Gasteiger partial charge in [0.05, 0.1) is 10.6 Å². The van der Waals surface area contributed by atoms with E-state index in [9.17, 15) is 4.79 Å². The van der Waals surface area contributed by atoms with Crippen LogP contribution in [0.1, 0.15) is 11.1 Å². The summed E-state index contributed by atoms with van der Waals surface area (Å²) in [6, 6.07) is 11.1. The number of nitrogens with one attached hydrogen (secondary N) is 1. The molecule has 0 bridgehead atoms. The summed E-state index contributed by atoms with van der Waals surface area (Å²) in [5.74, 6) is 0. The van der Waals surface area contributed by atoms with E-state index in [1.165, 1.54) is 6.07 Å². The lowest BCUT2D eigenvalue weighted by Gasteiger charge is -2.06. The number of hydrogen-bond acceptors (Lipinski definition) is 3. The Morgan fingerprint density at radius 1 is 1.29 bits per heavy atom. The quantitative estimate of drug-likeness (QED) is 0.755. The molecule has 0 spiro atoms. The van der Waals surface area contributed by atoms with Crippen molar-refractivity contribution in [3.8, 4) is 17.2 Å². The topological polar surface area (TPSA) is 56.6 Å². The molecule has 2 rings (SSSR count). The van der Waals surface area contributed by atoms with Gasteiger partial charge < -0.3 is 4.98 Å². The first-order valence-electron chi connectivity index (χ1n) is 5.05. The van der Waals surface area contributed by atoms with Crippen LogP contribution < -0.4 is 5.56 Å². The second-order valence-electron chi connectivity index (χ2n) is 3.75. The van der Waals surface area contributed by atoms with Gasteiger partial charge in [0.15, 0.2) is 0 Å². The average molecular weight is 242 g/mol. The zero-order valence-corrected chi connectivity index (χ0v) is 10.1. The Balaban J connectivity index is 2.71. The summed E-state index contributed by atoms with van der Waals surface area (Å²) in [5.41, 5.74) is 2.71. The minimum atomic E-state index is -0.260. The number of hydrogen-bond donors (Lipinski definition) is 2. The van der Waals surface area contributed by atoms with Crippen molar-refractivity contribution in [2.45, 2.75) is 11.9 Å². The number of rotatable bonds is 1. The molecule has 1 N–H and O–H groups in total. The Morgan fingerprint density at radius 3 is 2.53 bits per heavy atom. The molecule has 0 radical (unpaired) electrons. The van der Waals surface area contributed by atoms with E-state index in [1.54, 1.807) is 0 Å². The monoisotopic (exact) mass is 242 g/mol. The molecule has 84 valence electrons. The van der Waals surface area contributed by atoms with Gasteiger partial charge in [-0.05, 0) is 12.5 Å². The Morgan fingerprint density at radius 2 is 1.94 bits per heavy atom. The summed E-state index contributed by atoms with van der Waals surface area (Å²) < 4.78 is 0. The Hall–Kier alpha value is -1.99. The first-order valence-corrected chi connectivity index (χ1v) is 5.50. The van der Waals surface area contributed by atoms with Crippen molar-refractivity contribution in [2.24, 2.45) is 0 Å². The van der Waals surface area contributed by atoms with Crippen LogP contribution in [-0.2, 0) is 0 Å². The van der Waals surface area contributed by atoms with Crippen molar-refractivity contribution >= 4 is 12.6 Å². The lowest BCUT2D eigenvalue weighted by atomic mass is 10.0. The van der Waals surface area contributed by atoms with Crippen LogP contribution in [0.2, 0.25) is 0 Å². The van der Waals surface area contributed by atoms with Gasteiger partial charge in [-0.1, -0.05) is 29.8 Å². The third-order valence-corrected chi connectivity index (χ3v) is 2.83. The first-order chi connectivity index (χ1) is 8.11. The molecule has 1 aromatic carbocycles. The summed E-state index contributed by atoms with van der Waals surface area (Å²) in [5, 5.41) is 9.39. The molecule has 4 heteroatoms. The molecule has 0 unspecified atom stereocenters. The third kappa shape index (κ3) is 2.24. The molecule has 0 saturated heterocycles. The summed E-state index contributed by atoms with van der Waals surface area (Å²) in [7, 11) is 0. The zero-order chi connectivity index (χ0) is 12.4. The van der Waals surface area contributed by atoms with Crippen LogP contribution in [0.3, 0.4) is 0 Å². The fourth-order valence-electron chi connectivity index (χ4n) is 1.62. The summed E-state index contributed by atoms with van der Waals surface area (Å²) in [6.45, 7) is 1.98. The number of thiol groups is 1. The van der Waals surface area contributed by atoms with Crippen molar-refractivity contribution in [2.75, 3.05) is 0 Å². The maximum Gasteiger partial charge on any atom is 0.249 e. The van der Waals surface area contributed by atoms with Crippen LogP contribution in [0.5, 0.6) is 0 Å². The molecule has 1 heterocycles. The maximum atomic E-state index is 11.4. The van der Waals surface area contributed by atoms with E-state index >= 15 is 0 Å². The Kier molecular flexibility index (Phi) is 3.03. The van der Waals surface area contributed by atoms with Crippen molar-refractivity contribution in [1.29, 1.82) is 5.26 Å². The SMILES string of the molecule is Cc1ccc(-c2cc(=O)[nH]c(S)c2C#N)cc1. The van der Waals surface area contributed by atoms with Gasteiger partial charge in [0, 0.05) is 11.6 Å². The smallest absolute Gasteiger partial charge is 0.249 e. The highest BCUT2D eigenvalue weighted by atomic mass is 32.1. The predicted octanol–water partition coefficient (Wildman–Crippen LogP) is 2.51. The molecule has 2 aromatic rings. The maximum absolute atomic E-state index is 11.4. The van der Waals surface area contributed by atoms with E-state index in [2.05, 4.69) is 23.7 Å². The van der Waals surface area contributed by atoms with Crippen molar-refractivity contribution < 1.29 is 0 Å². The lowest BCUT2D eigenvalue weighted by Crippen LogP contribution is -2.07. The molecule has 1 aromatic heterocycles. The number of pyridine rings is 1. The van der Waals surface area contributed by atoms with Crippen molar-refractivity contribution in [3.63, 3.8) is 0 Å². The molecular formula is C13H10N2OS. The molecule has 0 atom stereocenters. The second kappa shape index (κ2) is 4.48. The standard InChI is InChI=1S/C13H10N2OS/c1-8-2-4-9(5-3-8)10-6-12(16)15-13(17)11(10)7-14/h2-6H,1H3,(H2,15,16,17). The van der Waals surface area contributed by atoms with E-state index in [0.29, 0.717) is 16.2 Å². The van der Waals surface area contributed by atoms with Gasteiger partial charge >= 0.3 is 0 Å². The number of H-pyrrole nitrogens is 1. The van der Waals surface area contributed by atoms with Gasteiger partial charge in [0.25, 0.3) is 0 Å². The van der Waals surface area contributed by atoms with Gasteiger partial charge in [0.1, 0.15) is 6.07 Å². The molecule has 0 amide bonds. The van der Waals surface area contributed by atoms with Gasteiger partial charge in [-0.2, -0.15) is 5.26 Å². The van der Waals surface area contributed by atoms with Crippen molar-refractivity contribution in [3.05, 3.63) is 51.8 Å². The van der Waals surface area contributed by atoms with Crippen molar-refractivity contribution in [1.82, 2.24) is 4.98 Å². The second-order valence-corrected chi connectivity index (χ2v) is 4.20. The van der Waals surface area contributed by atoms with E-state index < -0.39 is 0 Å². The number of nitrogens with zero attached hydrogens (tertiary/aromatic N) is 1. The van der Waals surface area contributed by atoms with Gasteiger partial charge in [-0.15, -0.1) is 12.6 Å². The number of aromatic nitrogens is 1. The Bertz CT molecular complexity index is 651. The normalized spacial score (nSPS) is 9.94. The summed E-state index contributed by atoms with van der Waals surface area (Å²) >= 11 is 4.11. The molecule has 17 heavy (non-hydrogen) atoms. The van der Waals surface area contributed by atoms with Crippen LogP contribution in [0.25, 0.3) is 11.1 Å². The number of nitriles is 1. The van der Waals surface area contributed by atoms with Crippen LogP contribution in [0.15, 0.2) is 40.2 Å². The molecule has 0 aliphatic rings. The summed E-state index contributed by atoms with van der Waals surface area (Å²) in [4.78, 5) is 13.9. The van der Waals surface area contributed by atoms with Crippen LogP contribution >= 0.6 is 12.6 Å². The van der Waals surface area contributed by atoms with E-state index in [0.717, 1.165) is 11.1 Å². The van der Waals surface area contributed by atoms with Crippen LogP contribution in [0.4, 0.5) is 0 Å². The van der Waals surface area contributed by atoms with E-state index in [-0.39, 0.29) is 5.56 Å². The molecule has 0 aliphatic carbocycles.